The molecule has 25 heavy (non-hydrogen) atoms. The molecule has 1 amide bonds. The van der Waals surface area contributed by atoms with Gasteiger partial charge in [-0.1, -0.05) is 30.3 Å². The van der Waals surface area contributed by atoms with Crippen LogP contribution in [0.1, 0.15) is 50.2 Å². The van der Waals surface area contributed by atoms with E-state index in [0.717, 1.165) is 37.1 Å². The van der Waals surface area contributed by atoms with Crippen LogP contribution < -0.4 is 10.6 Å². The molecule has 0 bridgehead atoms. The lowest BCUT2D eigenvalue weighted by molar-refractivity contribution is 0.0921. The van der Waals surface area contributed by atoms with Crippen LogP contribution in [0.5, 0.6) is 0 Å². The molecule has 1 fully saturated rings. The summed E-state index contributed by atoms with van der Waals surface area (Å²) in [5, 5.41) is 6.33. The molecule has 1 saturated heterocycles. The normalized spacial score (nSPS) is 17.1. The third-order valence-corrected chi connectivity index (χ3v) is 4.82. The van der Waals surface area contributed by atoms with E-state index in [0.29, 0.717) is 16.7 Å². The Kier molecular flexibility index (Phi) is 5.29. The largest absolute Gasteiger partial charge is 0.348 e. The van der Waals surface area contributed by atoms with Crippen LogP contribution >= 0.6 is 0 Å². The first kappa shape index (κ1) is 17.4. The van der Waals surface area contributed by atoms with Crippen LogP contribution in [0.15, 0.2) is 42.5 Å². The van der Waals surface area contributed by atoms with Crippen molar-refractivity contribution in [2.75, 3.05) is 13.1 Å². The van der Waals surface area contributed by atoms with Gasteiger partial charge in [0.2, 0.25) is 0 Å². The van der Waals surface area contributed by atoms with Crippen LogP contribution in [0.3, 0.4) is 0 Å². The van der Waals surface area contributed by atoms with E-state index in [1.165, 1.54) is 0 Å². The lowest BCUT2D eigenvalue weighted by atomic mass is 9.95. The zero-order valence-corrected chi connectivity index (χ0v) is 14.8. The number of benzene rings is 2. The van der Waals surface area contributed by atoms with Gasteiger partial charge in [0, 0.05) is 23.7 Å². The number of aryl methyl sites for hydroxylation is 2. The van der Waals surface area contributed by atoms with Crippen molar-refractivity contribution in [1.82, 2.24) is 10.6 Å². The Bertz CT molecular complexity index is 792. The summed E-state index contributed by atoms with van der Waals surface area (Å²) in [6.45, 7) is 5.78. The summed E-state index contributed by atoms with van der Waals surface area (Å²) in [6.07, 6.45) is 2.01. The summed E-state index contributed by atoms with van der Waals surface area (Å²) in [5.41, 5.74) is 3.72. The van der Waals surface area contributed by atoms with Crippen LogP contribution in [0, 0.1) is 13.8 Å². The molecule has 2 aromatic rings. The number of piperidine rings is 1. The van der Waals surface area contributed by atoms with Crippen molar-refractivity contribution in [1.29, 1.82) is 0 Å². The van der Waals surface area contributed by atoms with Crippen molar-refractivity contribution in [3.8, 4) is 0 Å². The predicted molar refractivity (Wildman–Crippen MR) is 99.1 cm³/mol. The summed E-state index contributed by atoms with van der Waals surface area (Å²) < 4.78 is 0. The van der Waals surface area contributed by atoms with Gasteiger partial charge in [0.1, 0.15) is 0 Å². The van der Waals surface area contributed by atoms with Crippen LogP contribution in [-0.2, 0) is 0 Å². The molecule has 4 nitrogen and oxygen atoms in total. The van der Waals surface area contributed by atoms with Crippen molar-refractivity contribution in [2.45, 2.75) is 32.7 Å². The smallest absolute Gasteiger partial charge is 0.252 e. The summed E-state index contributed by atoms with van der Waals surface area (Å²) in [5.74, 6) is -0.294. The molecule has 3 rings (SSSR count). The van der Waals surface area contributed by atoms with Crippen molar-refractivity contribution in [3.05, 3.63) is 70.3 Å². The highest BCUT2D eigenvalue weighted by atomic mass is 16.2. The van der Waals surface area contributed by atoms with Gasteiger partial charge >= 0.3 is 0 Å². The second-order valence-corrected chi connectivity index (χ2v) is 6.69. The van der Waals surface area contributed by atoms with Gasteiger partial charge in [0.05, 0.1) is 5.56 Å². The van der Waals surface area contributed by atoms with Crippen molar-refractivity contribution < 1.29 is 9.59 Å². The number of rotatable bonds is 4. The van der Waals surface area contributed by atoms with Gasteiger partial charge in [-0.15, -0.1) is 0 Å². The molecular weight excluding hydrogens is 312 g/mol. The van der Waals surface area contributed by atoms with Gasteiger partial charge in [0.15, 0.2) is 5.78 Å². The molecule has 1 heterocycles. The highest BCUT2D eigenvalue weighted by Gasteiger charge is 2.21. The highest BCUT2D eigenvalue weighted by Crippen LogP contribution is 2.18. The maximum Gasteiger partial charge on any atom is 0.252 e. The molecule has 0 aromatic heterocycles. The lowest BCUT2D eigenvalue weighted by Crippen LogP contribution is -2.45. The Labute approximate surface area is 148 Å². The molecule has 0 radical (unpaired) electrons. The fourth-order valence-corrected chi connectivity index (χ4v) is 3.16. The molecule has 0 saturated carbocycles. The average molecular weight is 336 g/mol. The number of hydrogen-bond acceptors (Lipinski definition) is 3. The van der Waals surface area contributed by atoms with E-state index in [4.69, 9.17) is 0 Å². The summed E-state index contributed by atoms with van der Waals surface area (Å²) in [4.78, 5) is 25.6. The molecule has 1 aliphatic rings. The number of amides is 1. The van der Waals surface area contributed by atoms with E-state index in [9.17, 15) is 9.59 Å². The Balaban J connectivity index is 1.85. The van der Waals surface area contributed by atoms with Gasteiger partial charge in [-0.05, 0) is 56.5 Å². The second kappa shape index (κ2) is 7.62. The summed E-state index contributed by atoms with van der Waals surface area (Å²) in [6, 6.07) is 12.8. The van der Waals surface area contributed by atoms with Crippen LogP contribution in [0.4, 0.5) is 0 Å². The Morgan fingerprint density at radius 3 is 2.48 bits per heavy atom. The van der Waals surface area contributed by atoms with Crippen LogP contribution in [-0.4, -0.2) is 30.8 Å². The first-order chi connectivity index (χ1) is 12.1. The van der Waals surface area contributed by atoms with Crippen molar-refractivity contribution in [3.63, 3.8) is 0 Å². The molecule has 0 aliphatic carbocycles. The number of hydrogen-bond donors (Lipinski definition) is 2. The third-order valence-electron chi connectivity index (χ3n) is 4.82. The number of carbonyl (C=O) groups is 2. The molecule has 4 heteroatoms. The van der Waals surface area contributed by atoms with Gasteiger partial charge < -0.3 is 10.6 Å². The molecule has 2 aromatic carbocycles. The highest BCUT2D eigenvalue weighted by molar-refractivity contribution is 6.15. The molecular formula is C21H24N2O2. The molecule has 0 unspecified atom stereocenters. The fourth-order valence-electron chi connectivity index (χ4n) is 3.16. The molecule has 0 spiro atoms. The lowest BCUT2D eigenvalue weighted by Gasteiger charge is -2.24. The van der Waals surface area contributed by atoms with Gasteiger partial charge in [-0.25, -0.2) is 0 Å². The van der Waals surface area contributed by atoms with Gasteiger partial charge in [-0.3, -0.25) is 9.59 Å². The summed E-state index contributed by atoms with van der Waals surface area (Å²) in [7, 11) is 0. The molecule has 2 N–H and O–H groups in total. The number of nitrogens with one attached hydrogen (secondary N) is 2. The van der Waals surface area contributed by atoms with E-state index in [-0.39, 0.29) is 17.7 Å². The van der Waals surface area contributed by atoms with E-state index in [1.54, 1.807) is 24.3 Å². The van der Waals surface area contributed by atoms with E-state index >= 15 is 0 Å². The van der Waals surface area contributed by atoms with Gasteiger partial charge in [0.25, 0.3) is 5.91 Å². The Hall–Kier alpha value is -2.46. The van der Waals surface area contributed by atoms with E-state index in [1.807, 2.05) is 32.0 Å². The number of carbonyl (C=O) groups excluding carboxylic acids is 2. The topological polar surface area (TPSA) is 58.2 Å². The minimum Gasteiger partial charge on any atom is -0.348 e. The molecule has 1 aliphatic heterocycles. The SMILES string of the molecule is Cc1ccc(C(=O)c2ccccc2C(=O)N[C@H]2CCCNC2)cc1C. The maximum atomic E-state index is 12.9. The number of ketones is 1. The van der Waals surface area contributed by atoms with Crippen molar-refractivity contribution in [2.24, 2.45) is 0 Å². The third kappa shape index (κ3) is 3.97. The second-order valence-electron chi connectivity index (χ2n) is 6.69. The Morgan fingerprint density at radius 2 is 1.80 bits per heavy atom. The summed E-state index contributed by atoms with van der Waals surface area (Å²) >= 11 is 0. The fraction of sp³-hybridized carbons (Fsp3) is 0.333. The van der Waals surface area contributed by atoms with Crippen LogP contribution in [0.25, 0.3) is 0 Å². The monoisotopic (exact) mass is 336 g/mol. The quantitative estimate of drug-likeness (QED) is 0.844. The first-order valence-electron chi connectivity index (χ1n) is 8.79. The van der Waals surface area contributed by atoms with E-state index < -0.39 is 0 Å². The minimum atomic E-state index is -0.179. The zero-order valence-electron chi connectivity index (χ0n) is 14.8. The average Bonchev–Trinajstić information content (AvgIpc) is 2.64. The molecule has 130 valence electrons. The van der Waals surface area contributed by atoms with Crippen LogP contribution in [0.2, 0.25) is 0 Å². The maximum absolute atomic E-state index is 12.9. The van der Waals surface area contributed by atoms with Crippen molar-refractivity contribution >= 4 is 11.7 Å². The molecule has 1 atom stereocenters. The Morgan fingerprint density at radius 1 is 1.04 bits per heavy atom. The zero-order chi connectivity index (χ0) is 17.8. The van der Waals surface area contributed by atoms with Gasteiger partial charge in [-0.2, -0.15) is 0 Å². The standard InChI is InChI=1S/C21H24N2O2/c1-14-9-10-16(12-15(14)2)20(24)18-7-3-4-8-19(18)21(25)23-17-6-5-11-22-13-17/h3-4,7-10,12,17,22H,5-6,11,13H2,1-2H3,(H,23,25)/t17-/m0/s1. The van der Waals surface area contributed by atoms with E-state index in [2.05, 4.69) is 10.6 Å². The predicted octanol–water partition coefficient (Wildman–Crippen LogP) is 3.02. The minimum absolute atomic E-state index is 0.115. The first-order valence-corrected chi connectivity index (χ1v) is 8.79.